The Morgan fingerprint density at radius 3 is 2.17 bits per heavy atom. The van der Waals surface area contributed by atoms with Crippen LogP contribution < -0.4 is 0 Å². The van der Waals surface area contributed by atoms with Gasteiger partial charge in [0.05, 0.1) is 6.61 Å². The van der Waals surface area contributed by atoms with Gasteiger partial charge in [0, 0.05) is 6.54 Å². The number of benzene rings is 1. The summed E-state index contributed by atoms with van der Waals surface area (Å²) in [4.78, 5) is 2.55. The maximum absolute atomic E-state index is 9.02. The third kappa shape index (κ3) is 3.56. The minimum atomic E-state index is 0.139. The molecular weight excluding hydrogens is 222 g/mol. The molecule has 0 aliphatic carbocycles. The van der Waals surface area contributed by atoms with Crippen molar-refractivity contribution >= 4 is 0 Å². The van der Waals surface area contributed by atoms with E-state index >= 15 is 0 Å². The summed E-state index contributed by atoms with van der Waals surface area (Å²) >= 11 is 0. The first-order chi connectivity index (χ1) is 8.69. The molecule has 1 aliphatic heterocycles. The Hall–Kier alpha value is -0.860. The van der Waals surface area contributed by atoms with E-state index < -0.39 is 0 Å². The third-order valence-electron chi connectivity index (χ3n) is 4.19. The molecule has 1 aliphatic rings. The zero-order valence-electron chi connectivity index (χ0n) is 11.6. The quantitative estimate of drug-likeness (QED) is 0.884. The second kappa shape index (κ2) is 6.35. The number of aliphatic hydroxyl groups is 1. The van der Waals surface area contributed by atoms with E-state index in [9.17, 15) is 0 Å². The van der Waals surface area contributed by atoms with E-state index in [0.717, 1.165) is 23.9 Å². The largest absolute Gasteiger partial charge is 0.392 e. The highest BCUT2D eigenvalue weighted by molar-refractivity contribution is 5.21. The molecule has 1 N–H and O–H groups in total. The van der Waals surface area contributed by atoms with Crippen LogP contribution in [0.1, 0.15) is 37.8 Å². The van der Waals surface area contributed by atoms with E-state index in [1.165, 1.54) is 31.5 Å². The molecule has 0 spiro atoms. The van der Waals surface area contributed by atoms with Crippen molar-refractivity contribution in [3.05, 3.63) is 35.4 Å². The van der Waals surface area contributed by atoms with Gasteiger partial charge in [-0.3, -0.25) is 4.90 Å². The summed E-state index contributed by atoms with van der Waals surface area (Å²) in [6, 6.07) is 8.33. The lowest BCUT2D eigenvalue weighted by Gasteiger charge is -2.33. The van der Waals surface area contributed by atoms with E-state index in [1.807, 2.05) is 12.1 Å². The van der Waals surface area contributed by atoms with Gasteiger partial charge in [-0.05, 0) is 48.9 Å². The minimum absolute atomic E-state index is 0.139. The highest BCUT2D eigenvalue weighted by Gasteiger charge is 2.21. The molecule has 1 heterocycles. The Kier molecular flexibility index (Phi) is 4.79. The van der Waals surface area contributed by atoms with Crippen LogP contribution in [0.4, 0.5) is 0 Å². The summed E-state index contributed by atoms with van der Waals surface area (Å²) < 4.78 is 0. The molecule has 0 amide bonds. The maximum atomic E-state index is 9.02. The van der Waals surface area contributed by atoms with Crippen molar-refractivity contribution in [2.75, 3.05) is 13.1 Å². The van der Waals surface area contributed by atoms with Gasteiger partial charge in [0.25, 0.3) is 0 Å². The van der Waals surface area contributed by atoms with Gasteiger partial charge in [-0.15, -0.1) is 0 Å². The number of hydrogen-bond acceptors (Lipinski definition) is 2. The second-order valence-electron chi connectivity index (χ2n) is 5.83. The lowest BCUT2D eigenvalue weighted by Crippen LogP contribution is -2.34. The van der Waals surface area contributed by atoms with Crippen LogP contribution in [0, 0.1) is 11.8 Å². The monoisotopic (exact) mass is 247 g/mol. The van der Waals surface area contributed by atoms with Gasteiger partial charge in [-0.1, -0.05) is 38.1 Å². The van der Waals surface area contributed by atoms with Crippen LogP contribution in [-0.4, -0.2) is 23.1 Å². The van der Waals surface area contributed by atoms with Crippen LogP contribution in [0.15, 0.2) is 24.3 Å². The Balaban J connectivity index is 1.83. The number of rotatable bonds is 4. The fourth-order valence-electron chi connectivity index (χ4n) is 2.79. The number of hydrogen-bond donors (Lipinski definition) is 1. The normalized spacial score (nSPS) is 18.4. The first-order valence-electron chi connectivity index (χ1n) is 7.10. The van der Waals surface area contributed by atoms with Gasteiger partial charge in [0.2, 0.25) is 0 Å². The van der Waals surface area contributed by atoms with Gasteiger partial charge < -0.3 is 5.11 Å². The number of likely N-dealkylation sites (tertiary alicyclic amines) is 1. The maximum Gasteiger partial charge on any atom is 0.0681 e. The van der Waals surface area contributed by atoms with Crippen molar-refractivity contribution < 1.29 is 5.11 Å². The number of nitrogens with zero attached hydrogens (tertiary/aromatic N) is 1. The van der Waals surface area contributed by atoms with E-state index in [4.69, 9.17) is 5.11 Å². The smallest absolute Gasteiger partial charge is 0.0681 e. The molecule has 0 bridgehead atoms. The molecule has 1 saturated heterocycles. The molecule has 18 heavy (non-hydrogen) atoms. The first-order valence-corrected chi connectivity index (χ1v) is 7.10. The van der Waals surface area contributed by atoms with Crippen LogP contribution >= 0.6 is 0 Å². The average Bonchev–Trinajstić information content (AvgIpc) is 2.40. The van der Waals surface area contributed by atoms with E-state index in [0.29, 0.717) is 0 Å². The fraction of sp³-hybridized carbons (Fsp3) is 0.625. The minimum Gasteiger partial charge on any atom is -0.392 e. The van der Waals surface area contributed by atoms with Crippen LogP contribution in [0.5, 0.6) is 0 Å². The topological polar surface area (TPSA) is 23.5 Å². The molecule has 2 rings (SSSR count). The summed E-state index contributed by atoms with van der Waals surface area (Å²) in [5.41, 5.74) is 2.35. The van der Waals surface area contributed by atoms with Crippen LogP contribution in [0.2, 0.25) is 0 Å². The molecule has 1 fully saturated rings. The molecule has 0 atom stereocenters. The van der Waals surface area contributed by atoms with Crippen molar-refractivity contribution in [3.63, 3.8) is 0 Å². The van der Waals surface area contributed by atoms with Crippen molar-refractivity contribution in [1.29, 1.82) is 0 Å². The summed E-state index contributed by atoms with van der Waals surface area (Å²) in [7, 11) is 0. The summed E-state index contributed by atoms with van der Waals surface area (Å²) in [6.07, 6.45) is 2.68. The zero-order chi connectivity index (χ0) is 13.0. The Bertz CT molecular complexity index is 350. The van der Waals surface area contributed by atoms with Crippen LogP contribution in [0.25, 0.3) is 0 Å². The van der Waals surface area contributed by atoms with E-state index in [2.05, 4.69) is 30.9 Å². The molecule has 0 radical (unpaired) electrons. The van der Waals surface area contributed by atoms with E-state index in [-0.39, 0.29) is 6.61 Å². The van der Waals surface area contributed by atoms with Gasteiger partial charge in [-0.2, -0.15) is 0 Å². The summed E-state index contributed by atoms with van der Waals surface area (Å²) in [5, 5.41) is 9.02. The predicted molar refractivity (Wildman–Crippen MR) is 75.2 cm³/mol. The van der Waals surface area contributed by atoms with Gasteiger partial charge >= 0.3 is 0 Å². The molecule has 1 aromatic rings. The molecule has 0 unspecified atom stereocenters. The van der Waals surface area contributed by atoms with Crippen molar-refractivity contribution in [3.8, 4) is 0 Å². The third-order valence-corrected chi connectivity index (χ3v) is 4.19. The number of aliphatic hydroxyl groups excluding tert-OH is 1. The van der Waals surface area contributed by atoms with Gasteiger partial charge in [0.1, 0.15) is 0 Å². The van der Waals surface area contributed by atoms with E-state index in [1.54, 1.807) is 0 Å². The Labute approximate surface area is 111 Å². The first kappa shape index (κ1) is 13.6. The lowest BCUT2D eigenvalue weighted by molar-refractivity contribution is 0.152. The summed E-state index contributed by atoms with van der Waals surface area (Å²) in [5.74, 6) is 1.74. The molecule has 100 valence electrons. The predicted octanol–water partition coefficient (Wildman–Crippen LogP) is 3.05. The molecule has 0 saturated carbocycles. The zero-order valence-corrected chi connectivity index (χ0v) is 11.6. The van der Waals surface area contributed by atoms with Gasteiger partial charge in [-0.25, -0.2) is 0 Å². The molecular formula is C16H25NO. The average molecular weight is 247 g/mol. The lowest BCUT2D eigenvalue weighted by atomic mass is 9.86. The Morgan fingerprint density at radius 1 is 1.11 bits per heavy atom. The van der Waals surface area contributed by atoms with Crippen LogP contribution in [-0.2, 0) is 13.2 Å². The summed E-state index contributed by atoms with van der Waals surface area (Å²) in [6.45, 7) is 8.33. The van der Waals surface area contributed by atoms with Gasteiger partial charge in [0.15, 0.2) is 0 Å². The standard InChI is InChI=1S/C16H25NO/c1-13(2)16-7-9-17(10-8-16)11-14-3-5-15(12-18)6-4-14/h3-6,13,16,18H,7-12H2,1-2H3. The van der Waals surface area contributed by atoms with Crippen molar-refractivity contribution in [1.82, 2.24) is 4.90 Å². The van der Waals surface area contributed by atoms with Crippen LogP contribution in [0.3, 0.4) is 0 Å². The fourth-order valence-corrected chi connectivity index (χ4v) is 2.79. The Morgan fingerprint density at radius 2 is 1.67 bits per heavy atom. The molecule has 1 aromatic carbocycles. The highest BCUT2D eigenvalue weighted by atomic mass is 16.3. The second-order valence-corrected chi connectivity index (χ2v) is 5.83. The number of piperidine rings is 1. The molecule has 0 aromatic heterocycles. The molecule has 2 heteroatoms. The molecule has 2 nitrogen and oxygen atoms in total. The van der Waals surface area contributed by atoms with Crippen molar-refractivity contribution in [2.45, 2.75) is 39.8 Å². The van der Waals surface area contributed by atoms with Crippen molar-refractivity contribution in [2.24, 2.45) is 11.8 Å². The highest BCUT2D eigenvalue weighted by Crippen LogP contribution is 2.25. The SMILES string of the molecule is CC(C)C1CCN(Cc2ccc(CO)cc2)CC1.